The minimum atomic E-state index is -4.61. The summed E-state index contributed by atoms with van der Waals surface area (Å²) in [5.74, 6) is -0.575. The summed E-state index contributed by atoms with van der Waals surface area (Å²) in [4.78, 5) is 16.0. The van der Waals surface area contributed by atoms with Gasteiger partial charge in [-0.15, -0.1) is 0 Å². The third-order valence-electron chi connectivity index (χ3n) is 6.50. The van der Waals surface area contributed by atoms with Crippen LogP contribution in [0.3, 0.4) is 0 Å². The molecule has 0 unspecified atom stereocenters. The number of anilines is 1. The zero-order valence-corrected chi connectivity index (χ0v) is 19.1. The second-order valence-corrected chi connectivity index (χ2v) is 10.7. The summed E-state index contributed by atoms with van der Waals surface area (Å²) in [6.07, 6.45) is -2.20. The second-order valence-electron chi connectivity index (χ2n) is 8.75. The van der Waals surface area contributed by atoms with Crippen molar-refractivity contribution in [2.24, 2.45) is 17.8 Å². The molecule has 0 radical (unpaired) electrons. The summed E-state index contributed by atoms with van der Waals surface area (Å²) in [6, 6.07) is 5.31. The highest BCUT2D eigenvalue weighted by molar-refractivity contribution is 7.88. The lowest BCUT2D eigenvalue weighted by molar-refractivity contribution is -0.137. The van der Waals surface area contributed by atoms with Crippen molar-refractivity contribution in [3.63, 3.8) is 0 Å². The van der Waals surface area contributed by atoms with Gasteiger partial charge in [-0.05, 0) is 42.9 Å². The Bertz CT molecular complexity index is 1010. The number of alkyl halides is 3. The number of hydrogen-bond donors (Lipinski definition) is 0. The first kappa shape index (κ1) is 24.3. The lowest BCUT2D eigenvalue weighted by Crippen LogP contribution is -2.41. The maximum absolute atomic E-state index is 13.3. The van der Waals surface area contributed by atoms with E-state index in [2.05, 4.69) is 0 Å². The van der Waals surface area contributed by atoms with Crippen LogP contribution in [0.25, 0.3) is 0 Å². The zero-order chi connectivity index (χ0) is 23.8. The molecule has 1 aromatic rings. The molecule has 0 aliphatic carbocycles. The fourth-order valence-corrected chi connectivity index (χ4v) is 5.65. The number of nitriles is 1. The molecule has 2 atom stereocenters. The van der Waals surface area contributed by atoms with Gasteiger partial charge in [-0.3, -0.25) is 4.79 Å². The van der Waals surface area contributed by atoms with Gasteiger partial charge in [0.25, 0.3) is 0 Å². The minimum absolute atomic E-state index is 0.0902. The van der Waals surface area contributed by atoms with E-state index in [4.69, 9.17) is 5.26 Å². The molecule has 1 aromatic carbocycles. The van der Waals surface area contributed by atoms with E-state index < -0.39 is 33.2 Å². The van der Waals surface area contributed by atoms with Crippen LogP contribution in [0.5, 0.6) is 0 Å². The Hall–Kier alpha value is -2.32. The third kappa shape index (κ3) is 5.02. The third-order valence-corrected chi connectivity index (χ3v) is 7.73. The van der Waals surface area contributed by atoms with E-state index in [0.29, 0.717) is 31.6 Å². The number of rotatable bonds is 4. The van der Waals surface area contributed by atoms with Gasteiger partial charge in [0.15, 0.2) is 0 Å². The number of benzene rings is 1. The molecule has 3 rings (SSSR count). The van der Waals surface area contributed by atoms with Crippen LogP contribution in [0.15, 0.2) is 18.2 Å². The van der Waals surface area contributed by atoms with Gasteiger partial charge >= 0.3 is 6.18 Å². The molecule has 2 heterocycles. The quantitative estimate of drug-likeness (QED) is 0.672. The van der Waals surface area contributed by atoms with Gasteiger partial charge in [-0.25, -0.2) is 12.7 Å². The van der Waals surface area contributed by atoms with Gasteiger partial charge in [-0.1, -0.05) is 0 Å². The van der Waals surface area contributed by atoms with Crippen molar-refractivity contribution in [1.29, 1.82) is 5.26 Å². The molecule has 0 bridgehead atoms. The average Bonchev–Trinajstić information content (AvgIpc) is 3.18. The monoisotopic (exact) mass is 472 g/mol. The summed E-state index contributed by atoms with van der Waals surface area (Å²) in [7, 11) is -0.132. The number of halogens is 3. The van der Waals surface area contributed by atoms with E-state index in [9.17, 15) is 26.4 Å². The number of amides is 1. The first-order valence-corrected chi connectivity index (χ1v) is 12.2. The molecule has 1 amide bonds. The van der Waals surface area contributed by atoms with Gasteiger partial charge in [0.2, 0.25) is 15.9 Å². The molecule has 0 saturated carbocycles. The predicted octanol–water partition coefficient (Wildman–Crippen LogP) is 2.39. The van der Waals surface area contributed by atoms with Crippen molar-refractivity contribution < 1.29 is 26.4 Å². The molecule has 2 fully saturated rings. The van der Waals surface area contributed by atoms with Crippen molar-refractivity contribution in [1.82, 2.24) is 9.21 Å². The highest BCUT2D eigenvalue weighted by atomic mass is 32.2. The lowest BCUT2D eigenvalue weighted by atomic mass is 9.78. The number of carbonyl (C=O) groups excluding carboxylic acids is 1. The Morgan fingerprint density at radius 1 is 1.19 bits per heavy atom. The van der Waals surface area contributed by atoms with Crippen molar-refractivity contribution in [3.8, 4) is 6.07 Å². The molecule has 176 valence electrons. The Labute approximate surface area is 186 Å². The van der Waals surface area contributed by atoms with Gasteiger partial charge in [-0.2, -0.15) is 18.4 Å². The van der Waals surface area contributed by atoms with Crippen LogP contribution in [0.1, 0.15) is 24.0 Å². The summed E-state index contributed by atoms with van der Waals surface area (Å²) < 4.78 is 65.4. The van der Waals surface area contributed by atoms with E-state index in [1.54, 1.807) is 20.2 Å². The smallest absolute Gasteiger partial charge is 0.372 e. The van der Waals surface area contributed by atoms with E-state index >= 15 is 0 Å². The minimum Gasteiger partial charge on any atom is -0.372 e. The maximum atomic E-state index is 13.3. The molecule has 0 aromatic heterocycles. The number of hydrogen-bond acceptors (Lipinski definition) is 5. The molecule has 7 nitrogen and oxygen atoms in total. The van der Waals surface area contributed by atoms with Crippen LogP contribution in [-0.2, 0) is 21.0 Å². The first-order valence-electron chi connectivity index (χ1n) is 10.4. The molecule has 2 aliphatic heterocycles. The number of piperidine rings is 1. The summed E-state index contributed by atoms with van der Waals surface area (Å²) in [6.45, 7) is 1.42. The fraction of sp³-hybridized carbons (Fsp3) is 0.619. The van der Waals surface area contributed by atoms with Gasteiger partial charge in [0, 0.05) is 46.0 Å². The molecule has 2 aliphatic rings. The highest BCUT2D eigenvalue weighted by Crippen LogP contribution is 2.39. The van der Waals surface area contributed by atoms with Crippen LogP contribution < -0.4 is 4.90 Å². The normalized spacial score (nSPS) is 23.2. The van der Waals surface area contributed by atoms with Crippen molar-refractivity contribution in [2.45, 2.75) is 19.0 Å². The Morgan fingerprint density at radius 3 is 2.31 bits per heavy atom. The molecule has 0 N–H and O–H groups in total. The highest BCUT2D eigenvalue weighted by Gasteiger charge is 2.45. The van der Waals surface area contributed by atoms with E-state index in [-0.39, 0.29) is 30.8 Å². The fourth-order valence-electron chi connectivity index (χ4n) is 4.78. The summed E-state index contributed by atoms with van der Waals surface area (Å²) in [5, 5.41) is 8.98. The number of carbonyl (C=O) groups is 1. The van der Waals surface area contributed by atoms with Gasteiger partial charge in [0.1, 0.15) is 0 Å². The lowest BCUT2D eigenvalue weighted by Gasteiger charge is -2.38. The van der Waals surface area contributed by atoms with E-state index in [1.807, 2.05) is 4.90 Å². The summed E-state index contributed by atoms with van der Waals surface area (Å²) >= 11 is 0. The molecule has 0 spiro atoms. The largest absolute Gasteiger partial charge is 0.417 e. The number of nitrogens with zero attached hydrogens (tertiary/aromatic N) is 4. The SMILES string of the molecule is CN(C)C(=O)[C@@H]1CN(S(C)(=O)=O)C[C@H]1C1CCN(c2ccc(C#N)c(C(F)(F)F)c2)CC1. The van der Waals surface area contributed by atoms with Crippen LogP contribution in [0.2, 0.25) is 0 Å². The van der Waals surface area contributed by atoms with Crippen molar-refractivity contribution in [3.05, 3.63) is 29.3 Å². The maximum Gasteiger partial charge on any atom is 0.417 e. The number of sulfonamides is 1. The zero-order valence-electron chi connectivity index (χ0n) is 18.3. The molecule has 2 saturated heterocycles. The van der Waals surface area contributed by atoms with Crippen molar-refractivity contribution >= 4 is 21.6 Å². The Kier molecular flexibility index (Phi) is 6.77. The topological polar surface area (TPSA) is 84.7 Å². The summed E-state index contributed by atoms with van der Waals surface area (Å²) in [5.41, 5.74) is -0.955. The first-order chi connectivity index (χ1) is 14.8. The van der Waals surface area contributed by atoms with Crippen LogP contribution >= 0.6 is 0 Å². The Balaban J connectivity index is 1.76. The average molecular weight is 473 g/mol. The van der Waals surface area contributed by atoms with E-state index in [1.165, 1.54) is 21.3 Å². The van der Waals surface area contributed by atoms with Crippen molar-refractivity contribution in [2.75, 3.05) is 51.4 Å². The predicted molar refractivity (Wildman–Crippen MR) is 113 cm³/mol. The molecular formula is C21H27F3N4O3S. The van der Waals surface area contributed by atoms with Gasteiger partial charge < -0.3 is 9.80 Å². The molecule has 32 heavy (non-hydrogen) atoms. The Morgan fingerprint density at radius 2 is 1.81 bits per heavy atom. The second kappa shape index (κ2) is 8.90. The molecule has 11 heteroatoms. The van der Waals surface area contributed by atoms with Crippen LogP contribution in [0.4, 0.5) is 18.9 Å². The standard InChI is InChI=1S/C21H27F3N4O3S/c1-26(2)20(29)18-13-28(32(3,30)31)12-17(18)14-6-8-27(9-7-14)16-5-4-15(11-25)19(10-16)21(22,23)24/h4-5,10,14,17-18H,6-9,12-13H2,1-3H3/t17-,18+/m0/s1. The van der Waals surface area contributed by atoms with E-state index in [0.717, 1.165) is 12.3 Å². The van der Waals surface area contributed by atoms with Gasteiger partial charge in [0.05, 0.1) is 29.4 Å². The molecular weight excluding hydrogens is 445 g/mol. The van der Waals surface area contributed by atoms with Crippen LogP contribution in [-0.4, -0.2) is 70.1 Å². The van der Waals surface area contributed by atoms with Crippen LogP contribution in [0, 0.1) is 29.1 Å².